The van der Waals surface area contributed by atoms with E-state index in [1.54, 1.807) is 20.8 Å². The molecule has 0 aliphatic heterocycles. The first kappa shape index (κ1) is 24.9. The normalized spacial score (nSPS) is 14.1. The monoisotopic (exact) mass is 429 g/mol. The van der Waals surface area contributed by atoms with Gasteiger partial charge in [-0.05, 0) is 19.3 Å². The second kappa shape index (κ2) is 10.6. The van der Waals surface area contributed by atoms with Gasteiger partial charge in [0.2, 0.25) is 0 Å². The van der Waals surface area contributed by atoms with Crippen molar-refractivity contribution in [3.8, 4) is 0 Å². The van der Waals surface area contributed by atoms with E-state index in [1.807, 2.05) is 0 Å². The van der Waals surface area contributed by atoms with Gasteiger partial charge in [-0.3, -0.25) is 0 Å². The summed E-state index contributed by atoms with van der Waals surface area (Å²) in [5.74, 6) is -4.59. The van der Waals surface area contributed by atoms with E-state index in [-0.39, 0.29) is 52.2 Å². The van der Waals surface area contributed by atoms with Gasteiger partial charge in [-0.25, -0.2) is 42.5 Å². The van der Waals surface area contributed by atoms with Crippen LogP contribution < -0.4 is 17.1 Å². The van der Waals surface area contributed by atoms with E-state index in [0.717, 1.165) is 0 Å². The van der Waals surface area contributed by atoms with Crippen molar-refractivity contribution in [2.75, 3.05) is 0 Å². The fraction of sp³-hybridized carbons (Fsp3) is 0.667. The standard InChI is InChI=1S/C18H27N3O9/c1-4-7-10(13(22)23)19-16(28)20(11(8-5-2)14(24)25)18(30)21(17(19)29)12(9-6-3)15(26)27/h10-12H,4-9H2,1-3H3,(H,22,23)(H,24,25)(H,26,27). The van der Waals surface area contributed by atoms with Gasteiger partial charge in [-0.1, -0.05) is 40.0 Å². The van der Waals surface area contributed by atoms with Crippen LogP contribution in [0.25, 0.3) is 0 Å². The number of hydrogen-bond donors (Lipinski definition) is 3. The molecule has 30 heavy (non-hydrogen) atoms. The van der Waals surface area contributed by atoms with Crippen LogP contribution in [0.1, 0.15) is 77.4 Å². The molecule has 0 radical (unpaired) electrons. The van der Waals surface area contributed by atoms with Crippen LogP contribution in [0.2, 0.25) is 0 Å². The van der Waals surface area contributed by atoms with Gasteiger partial charge in [0.1, 0.15) is 18.1 Å². The summed E-state index contributed by atoms with van der Waals surface area (Å²) in [5, 5.41) is 28.6. The lowest BCUT2D eigenvalue weighted by Crippen LogP contribution is -2.59. The van der Waals surface area contributed by atoms with E-state index in [4.69, 9.17) is 0 Å². The Morgan fingerprint density at radius 3 is 0.933 bits per heavy atom. The highest BCUT2D eigenvalue weighted by molar-refractivity contribution is 5.73. The van der Waals surface area contributed by atoms with Gasteiger partial charge in [0.25, 0.3) is 0 Å². The molecule has 3 unspecified atom stereocenters. The average Bonchev–Trinajstić information content (AvgIpc) is 2.65. The highest BCUT2D eigenvalue weighted by Crippen LogP contribution is 2.15. The largest absolute Gasteiger partial charge is 0.480 e. The molecule has 12 nitrogen and oxygen atoms in total. The van der Waals surface area contributed by atoms with Crippen molar-refractivity contribution < 1.29 is 29.7 Å². The molecule has 0 saturated carbocycles. The van der Waals surface area contributed by atoms with Crippen molar-refractivity contribution in [3.05, 3.63) is 31.5 Å². The number of aromatic nitrogens is 3. The molecular formula is C18H27N3O9. The molecule has 3 atom stereocenters. The van der Waals surface area contributed by atoms with Gasteiger partial charge < -0.3 is 15.3 Å². The van der Waals surface area contributed by atoms with Crippen molar-refractivity contribution in [3.63, 3.8) is 0 Å². The second-order valence-corrected chi connectivity index (χ2v) is 6.89. The molecule has 0 saturated heterocycles. The van der Waals surface area contributed by atoms with Crippen LogP contribution in [0, 0.1) is 0 Å². The molecule has 12 heteroatoms. The fourth-order valence-corrected chi connectivity index (χ4v) is 3.30. The Morgan fingerprint density at radius 1 is 0.600 bits per heavy atom. The fourth-order valence-electron chi connectivity index (χ4n) is 3.30. The van der Waals surface area contributed by atoms with Crippen molar-refractivity contribution >= 4 is 17.9 Å². The van der Waals surface area contributed by atoms with Crippen LogP contribution >= 0.6 is 0 Å². The average molecular weight is 429 g/mol. The summed E-state index contributed by atoms with van der Waals surface area (Å²) in [4.78, 5) is 74.2. The smallest absolute Gasteiger partial charge is 0.337 e. The van der Waals surface area contributed by atoms with Gasteiger partial charge in [0.05, 0.1) is 0 Å². The molecule has 168 valence electrons. The first-order valence-electron chi connectivity index (χ1n) is 9.72. The predicted molar refractivity (Wildman–Crippen MR) is 104 cm³/mol. The molecule has 0 bridgehead atoms. The van der Waals surface area contributed by atoms with Gasteiger partial charge in [0, 0.05) is 0 Å². The summed E-state index contributed by atoms with van der Waals surface area (Å²) in [5.41, 5.74) is -4.16. The van der Waals surface area contributed by atoms with Gasteiger partial charge in [0.15, 0.2) is 0 Å². The molecular weight excluding hydrogens is 402 g/mol. The van der Waals surface area contributed by atoms with Crippen LogP contribution in [0.5, 0.6) is 0 Å². The Labute approximate surface area is 171 Å². The predicted octanol–water partition coefficient (Wildman–Crippen LogP) is 0.449. The SMILES string of the molecule is CCCC(C(=O)O)n1c(=O)n(C(CCC)C(=O)O)c(=O)n(C(CCC)C(=O)O)c1=O. The number of carboxylic acids is 3. The quantitative estimate of drug-likeness (QED) is 0.425. The zero-order valence-electron chi connectivity index (χ0n) is 17.1. The Bertz CT molecular complexity index is 819. The summed E-state index contributed by atoms with van der Waals surface area (Å²) in [7, 11) is 0. The third-order valence-electron chi connectivity index (χ3n) is 4.71. The van der Waals surface area contributed by atoms with Gasteiger partial charge in [-0.2, -0.15) is 0 Å². The Morgan fingerprint density at radius 2 is 0.800 bits per heavy atom. The first-order chi connectivity index (χ1) is 14.0. The third kappa shape index (κ3) is 4.86. The van der Waals surface area contributed by atoms with E-state index in [2.05, 4.69) is 0 Å². The third-order valence-corrected chi connectivity index (χ3v) is 4.71. The number of carboxylic acid groups (broad SMARTS) is 3. The molecule has 0 aliphatic carbocycles. The van der Waals surface area contributed by atoms with Crippen LogP contribution in [0.15, 0.2) is 14.4 Å². The summed E-state index contributed by atoms with van der Waals surface area (Å²) in [6.45, 7) is 4.84. The van der Waals surface area contributed by atoms with Crippen molar-refractivity contribution in [1.82, 2.24) is 13.7 Å². The van der Waals surface area contributed by atoms with Crippen LogP contribution in [-0.4, -0.2) is 46.9 Å². The lowest BCUT2D eigenvalue weighted by Gasteiger charge is -2.23. The Hall–Kier alpha value is -3.18. The molecule has 1 heterocycles. The number of rotatable bonds is 12. The zero-order valence-corrected chi connectivity index (χ0v) is 17.1. The Balaban J connectivity index is 4.18. The van der Waals surface area contributed by atoms with E-state index in [1.165, 1.54) is 0 Å². The molecule has 0 amide bonds. The van der Waals surface area contributed by atoms with Gasteiger partial charge in [-0.15, -0.1) is 0 Å². The summed E-state index contributed by atoms with van der Waals surface area (Å²) in [6, 6.07) is -5.04. The number of hydrogen-bond acceptors (Lipinski definition) is 6. The van der Waals surface area contributed by atoms with E-state index in [9.17, 15) is 44.1 Å². The summed E-state index contributed by atoms with van der Waals surface area (Å²) in [6.07, 6.45) is 0.322. The minimum atomic E-state index is -1.68. The number of nitrogens with zero attached hydrogens (tertiary/aromatic N) is 3. The van der Waals surface area contributed by atoms with E-state index >= 15 is 0 Å². The van der Waals surface area contributed by atoms with Gasteiger partial charge >= 0.3 is 35.0 Å². The molecule has 1 aromatic heterocycles. The van der Waals surface area contributed by atoms with Crippen molar-refractivity contribution in [2.45, 2.75) is 77.4 Å². The summed E-state index contributed by atoms with van der Waals surface area (Å²) >= 11 is 0. The zero-order chi connectivity index (χ0) is 23.2. The number of carbonyl (C=O) groups is 3. The van der Waals surface area contributed by atoms with E-state index < -0.39 is 53.1 Å². The van der Waals surface area contributed by atoms with Crippen molar-refractivity contribution in [1.29, 1.82) is 0 Å². The first-order valence-corrected chi connectivity index (χ1v) is 9.72. The maximum Gasteiger partial charge on any atom is 0.337 e. The maximum atomic E-state index is 13.0. The number of aliphatic carboxylic acids is 3. The molecule has 0 fully saturated rings. The summed E-state index contributed by atoms with van der Waals surface area (Å²) < 4.78 is 0.847. The molecule has 1 rings (SSSR count). The molecule has 1 aromatic rings. The minimum absolute atomic E-state index is 0.153. The van der Waals surface area contributed by atoms with Crippen LogP contribution in [0.3, 0.4) is 0 Å². The maximum absolute atomic E-state index is 13.0. The molecule has 0 spiro atoms. The highest BCUT2D eigenvalue weighted by Gasteiger charge is 2.34. The Kier molecular flexibility index (Phi) is 8.75. The minimum Gasteiger partial charge on any atom is -0.480 e. The molecule has 3 N–H and O–H groups in total. The topological polar surface area (TPSA) is 178 Å². The molecule has 0 aromatic carbocycles. The lowest BCUT2D eigenvalue weighted by molar-refractivity contribution is -0.141. The van der Waals surface area contributed by atoms with Crippen molar-refractivity contribution in [2.24, 2.45) is 0 Å². The highest BCUT2D eigenvalue weighted by atomic mass is 16.4. The van der Waals surface area contributed by atoms with Crippen LogP contribution in [-0.2, 0) is 14.4 Å². The van der Waals surface area contributed by atoms with Crippen LogP contribution in [0.4, 0.5) is 0 Å². The second-order valence-electron chi connectivity index (χ2n) is 6.89. The lowest BCUT2D eigenvalue weighted by atomic mass is 10.1. The molecule has 0 aliphatic rings. The van der Waals surface area contributed by atoms with E-state index in [0.29, 0.717) is 0 Å².